The molecule has 2 aliphatic rings. The van der Waals surface area contributed by atoms with Gasteiger partial charge in [0.05, 0.1) is 23.4 Å². The molecular formula is C23H19ClN4O. The van der Waals surface area contributed by atoms with Crippen molar-refractivity contribution in [2.45, 2.75) is 6.42 Å². The molecule has 5 rings (SSSR count). The van der Waals surface area contributed by atoms with Gasteiger partial charge >= 0.3 is 0 Å². The number of halogens is 1. The normalized spacial score (nSPS) is 15.3. The maximum atomic E-state index is 12.9. The Morgan fingerprint density at radius 1 is 1.17 bits per heavy atom. The molecule has 2 N–H and O–H groups in total. The van der Waals surface area contributed by atoms with E-state index in [1.54, 1.807) is 6.20 Å². The quantitative estimate of drug-likeness (QED) is 0.618. The molecule has 1 aliphatic carbocycles. The second-order valence-corrected chi connectivity index (χ2v) is 7.60. The lowest BCUT2D eigenvalue weighted by molar-refractivity contribution is 0.0773. The van der Waals surface area contributed by atoms with Crippen LogP contribution in [-0.4, -0.2) is 29.0 Å². The van der Waals surface area contributed by atoms with E-state index in [1.807, 2.05) is 47.4 Å². The Hall–Kier alpha value is -3.31. The third kappa shape index (κ3) is 3.45. The molecule has 29 heavy (non-hydrogen) atoms. The molecule has 2 aromatic carbocycles. The highest BCUT2D eigenvalue weighted by atomic mass is 35.5. The van der Waals surface area contributed by atoms with Crippen molar-refractivity contribution < 1.29 is 4.79 Å². The molecule has 0 fully saturated rings. The van der Waals surface area contributed by atoms with Crippen LogP contribution in [-0.2, 0) is 0 Å². The molecule has 144 valence electrons. The van der Waals surface area contributed by atoms with Crippen molar-refractivity contribution in [3.8, 4) is 0 Å². The van der Waals surface area contributed by atoms with E-state index in [0.717, 1.165) is 34.4 Å². The van der Waals surface area contributed by atoms with Gasteiger partial charge in [0.2, 0.25) is 0 Å². The number of nitrogens with one attached hydrogen (secondary N) is 2. The molecule has 0 atom stereocenters. The van der Waals surface area contributed by atoms with E-state index >= 15 is 0 Å². The summed E-state index contributed by atoms with van der Waals surface area (Å²) in [5, 5.41) is 8.45. The van der Waals surface area contributed by atoms with E-state index in [9.17, 15) is 4.79 Å². The molecule has 0 bridgehead atoms. The van der Waals surface area contributed by atoms with Gasteiger partial charge in [0.15, 0.2) is 0 Å². The molecule has 0 unspecified atom stereocenters. The van der Waals surface area contributed by atoms with E-state index in [4.69, 9.17) is 11.6 Å². The van der Waals surface area contributed by atoms with Crippen molar-refractivity contribution in [2.24, 2.45) is 0 Å². The zero-order chi connectivity index (χ0) is 19.8. The number of amides is 1. The molecule has 5 nitrogen and oxygen atoms in total. The Bertz CT molecular complexity index is 1180. The van der Waals surface area contributed by atoms with Gasteiger partial charge in [-0.2, -0.15) is 0 Å². The van der Waals surface area contributed by atoms with Gasteiger partial charge in [0.1, 0.15) is 0 Å². The first-order valence-electron chi connectivity index (χ1n) is 9.51. The molecule has 0 radical (unpaired) electrons. The molecular weight excluding hydrogens is 384 g/mol. The number of fused-ring (bicyclic) bond motifs is 2. The van der Waals surface area contributed by atoms with E-state index in [2.05, 4.69) is 33.8 Å². The maximum absolute atomic E-state index is 12.9. The summed E-state index contributed by atoms with van der Waals surface area (Å²) in [5.41, 5.74) is 5.40. The summed E-state index contributed by atoms with van der Waals surface area (Å²) in [4.78, 5) is 19.1. The van der Waals surface area contributed by atoms with Crippen LogP contribution in [0.1, 0.15) is 16.8 Å². The highest BCUT2D eigenvalue weighted by molar-refractivity contribution is 6.31. The lowest BCUT2D eigenvalue weighted by Crippen LogP contribution is -2.40. The maximum Gasteiger partial charge on any atom is 0.257 e. The number of pyridine rings is 1. The first kappa shape index (κ1) is 17.8. The fourth-order valence-corrected chi connectivity index (χ4v) is 3.90. The van der Waals surface area contributed by atoms with E-state index in [0.29, 0.717) is 23.8 Å². The molecule has 0 saturated carbocycles. The zero-order valence-corrected chi connectivity index (χ0v) is 16.4. The summed E-state index contributed by atoms with van der Waals surface area (Å²) in [7, 11) is 0. The Balaban J connectivity index is 1.39. The van der Waals surface area contributed by atoms with Gasteiger partial charge in [-0.05, 0) is 54.5 Å². The highest BCUT2D eigenvalue weighted by Gasteiger charge is 2.24. The number of rotatable bonds is 4. The fourth-order valence-electron chi connectivity index (χ4n) is 3.74. The molecule has 0 saturated heterocycles. The molecule has 1 aromatic heterocycles. The summed E-state index contributed by atoms with van der Waals surface area (Å²) in [6, 6.07) is 13.4. The summed E-state index contributed by atoms with van der Waals surface area (Å²) in [6.07, 6.45) is 9.06. The average molecular weight is 403 g/mol. The average Bonchev–Trinajstić information content (AvgIpc) is 3.23. The fraction of sp³-hybridized carbons (Fsp3) is 0.130. The van der Waals surface area contributed by atoms with Gasteiger partial charge in [-0.1, -0.05) is 29.8 Å². The second-order valence-electron chi connectivity index (χ2n) is 7.16. The second kappa shape index (κ2) is 7.26. The molecule has 1 aliphatic heterocycles. The van der Waals surface area contributed by atoms with Crippen LogP contribution in [0.25, 0.3) is 10.9 Å². The van der Waals surface area contributed by atoms with Crippen LogP contribution in [0.4, 0.5) is 17.1 Å². The van der Waals surface area contributed by atoms with Crippen molar-refractivity contribution >= 4 is 45.5 Å². The number of hydrogen-bond acceptors (Lipinski definition) is 4. The van der Waals surface area contributed by atoms with Crippen molar-refractivity contribution in [2.75, 3.05) is 23.8 Å². The first-order chi connectivity index (χ1) is 14.2. The van der Waals surface area contributed by atoms with Crippen molar-refractivity contribution in [1.29, 1.82) is 0 Å². The third-order valence-corrected chi connectivity index (χ3v) is 5.44. The number of aromatic nitrogens is 1. The summed E-state index contributed by atoms with van der Waals surface area (Å²) in [5.74, 6) is 0.0514. The molecule has 6 heteroatoms. The predicted molar refractivity (Wildman–Crippen MR) is 118 cm³/mol. The number of hydrogen-bond donors (Lipinski definition) is 2. The van der Waals surface area contributed by atoms with Crippen LogP contribution < -0.4 is 10.6 Å². The minimum Gasteiger partial charge on any atom is -0.367 e. The number of allylic oxidation sites excluding steroid dienone is 2. The SMILES string of the molecule is O=C1c2ccc(Nc3ccnc4cc(Cl)ccc34)cc2NCN1CC1=CCC=C1. The van der Waals surface area contributed by atoms with Crippen molar-refractivity contribution in [3.05, 3.63) is 83.0 Å². The van der Waals surface area contributed by atoms with Gasteiger partial charge in [0.25, 0.3) is 5.91 Å². The number of carbonyl (C=O) groups excluding carboxylic acids is 1. The van der Waals surface area contributed by atoms with E-state index < -0.39 is 0 Å². The monoisotopic (exact) mass is 402 g/mol. The standard InChI is InChI=1S/C23H19ClN4O/c24-16-5-7-18-20(9-10-25-21(18)11-16)27-17-6-8-19-22(12-17)26-14-28(23(19)29)13-15-3-1-2-4-15/h1,3-12,26H,2,13-14H2,(H,25,27). The Morgan fingerprint density at radius 2 is 2.10 bits per heavy atom. The highest BCUT2D eigenvalue weighted by Crippen LogP contribution is 2.31. The number of nitrogens with zero attached hydrogens (tertiary/aromatic N) is 2. The Morgan fingerprint density at radius 3 is 2.97 bits per heavy atom. The Labute approximate surface area is 173 Å². The van der Waals surface area contributed by atoms with Crippen LogP contribution in [0.5, 0.6) is 0 Å². The summed E-state index contributed by atoms with van der Waals surface area (Å²) < 4.78 is 0. The third-order valence-electron chi connectivity index (χ3n) is 5.20. The minimum absolute atomic E-state index is 0.0514. The topological polar surface area (TPSA) is 57.3 Å². The van der Waals surface area contributed by atoms with Gasteiger partial charge in [-0.15, -0.1) is 0 Å². The summed E-state index contributed by atoms with van der Waals surface area (Å²) in [6.45, 7) is 1.13. The van der Waals surface area contributed by atoms with Crippen molar-refractivity contribution in [3.63, 3.8) is 0 Å². The van der Waals surface area contributed by atoms with Gasteiger partial charge < -0.3 is 15.5 Å². The van der Waals surface area contributed by atoms with Crippen molar-refractivity contribution in [1.82, 2.24) is 9.88 Å². The molecule has 3 aromatic rings. The largest absolute Gasteiger partial charge is 0.367 e. The lowest BCUT2D eigenvalue weighted by atomic mass is 10.1. The predicted octanol–water partition coefficient (Wildman–Crippen LogP) is 5.34. The zero-order valence-electron chi connectivity index (χ0n) is 15.7. The number of carbonyl (C=O) groups is 1. The smallest absolute Gasteiger partial charge is 0.257 e. The van der Waals surface area contributed by atoms with Crippen LogP contribution in [0.3, 0.4) is 0 Å². The van der Waals surface area contributed by atoms with Gasteiger partial charge in [0, 0.05) is 34.5 Å². The number of anilines is 3. The van der Waals surface area contributed by atoms with E-state index in [1.165, 1.54) is 5.57 Å². The van der Waals surface area contributed by atoms with Gasteiger partial charge in [-0.3, -0.25) is 9.78 Å². The lowest BCUT2D eigenvalue weighted by Gasteiger charge is -2.30. The Kier molecular flexibility index (Phi) is 4.45. The molecule has 1 amide bonds. The van der Waals surface area contributed by atoms with Crippen LogP contribution in [0.15, 0.2) is 72.5 Å². The number of benzene rings is 2. The first-order valence-corrected chi connectivity index (χ1v) is 9.89. The van der Waals surface area contributed by atoms with Crippen LogP contribution in [0, 0.1) is 0 Å². The van der Waals surface area contributed by atoms with Crippen LogP contribution in [0.2, 0.25) is 5.02 Å². The van der Waals surface area contributed by atoms with Crippen LogP contribution >= 0.6 is 11.6 Å². The van der Waals surface area contributed by atoms with Gasteiger partial charge in [-0.25, -0.2) is 0 Å². The molecule has 0 spiro atoms. The molecule has 2 heterocycles. The van der Waals surface area contributed by atoms with E-state index in [-0.39, 0.29) is 5.91 Å². The minimum atomic E-state index is 0.0514. The summed E-state index contributed by atoms with van der Waals surface area (Å²) >= 11 is 6.08.